The molecular weight excluding hydrogens is 253 g/mol. The number of benzene rings is 1. The lowest BCUT2D eigenvalue weighted by Crippen LogP contribution is -2.39. The van der Waals surface area contributed by atoms with Crippen molar-refractivity contribution in [3.63, 3.8) is 0 Å². The number of halogens is 1. The first-order valence-corrected chi connectivity index (χ1v) is 7.41. The number of hydrogen-bond donors (Lipinski definition) is 1. The number of nitrogens with zero attached hydrogens (tertiary/aromatic N) is 2. The van der Waals surface area contributed by atoms with Gasteiger partial charge in [0.15, 0.2) is 5.96 Å². The van der Waals surface area contributed by atoms with Crippen molar-refractivity contribution in [2.75, 3.05) is 26.7 Å². The lowest BCUT2D eigenvalue weighted by Gasteiger charge is -2.21. The molecule has 0 amide bonds. The largest absolute Gasteiger partial charge is 0.357 e. The summed E-state index contributed by atoms with van der Waals surface area (Å²) in [5, 5.41) is 3.27. The van der Waals surface area contributed by atoms with Gasteiger partial charge < -0.3 is 10.2 Å². The lowest BCUT2D eigenvalue weighted by atomic mass is 10.1. The second kappa shape index (κ2) is 9.34. The van der Waals surface area contributed by atoms with Crippen molar-refractivity contribution in [3.05, 3.63) is 35.6 Å². The summed E-state index contributed by atoms with van der Waals surface area (Å²) in [5.41, 5.74) is 0.725. The van der Waals surface area contributed by atoms with Crippen molar-refractivity contribution >= 4 is 5.96 Å². The van der Waals surface area contributed by atoms with Gasteiger partial charge in [-0.25, -0.2) is 4.39 Å². The minimum absolute atomic E-state index is 0.146. The van der Waals surface area contributed by atoms with E-state index >= 15 is 0 Å². The molecule has 3 nitrogen and oxygen atoms in total. The molecule has 112 valence electrons. The van der Waals surface area contributed by atoms with Crippen molar-refractivity contribution < 1.29 is 4.39 Å². The van der Waals surface area contributed by atoms with Crippen molar-refractivity contribution in [1.29, 1.82) is 0 Å². The standard InChI is InChI=1S/C16H26FN3/c1-4-6-13-20(3)16(18-5-2)19-12-11-14-9-7-8-10-15(14)17/h7-10H,4-6,11-13H2,1-3H3,(H,18,19). The van der Waals surface area contributed by atoms with Gasteiger partial charge in [0, 0.05) is 26.7 Å². The summed E-state index contributed by atoms with van der Waals surface area (Å²) in [6.45, 7) is 6.66. The van der Waals surface area contributed by atoms with Crippen LogP contribution in [-0.2, 0) is 6.42 Å². The van der Waals surface area contributed by atoms with Gasteiger partial charge in [0.25, 0.3) is 0 Å². The SMILES string of the molecule is CCCCN(C)C(=NCCc1ccccc1F)NCC. The van der Waals surface area contributed by atoms with Gasteiger partial charge in [-0.3, -0.25) is 4.99 Å². The summed E-state index contributed by atoms with van der Waals surface area (Å²) in [6, 6.07) is 6.89. The zero-order chi connectivity index (χ0) is 14.8. The predicted octanol–water partition coefficient (Wildman–Crippen LogP) is 3.07. The van der Waals surface area contributed by atoms with Gasteiger partial charge in [-0.2, -0.15) is 0 Å². The van der Waals surface area contributed by atoms with Gasteiger partial charge in [-0.15, -0.1) is 0 Å². The molecule has 0 saturated carbocycles. The van der Waals surface area contributed by atoms with Crippen molar-refractivity contribution in [3.8, 4) is 0 Å². The summed E-state index contributed by atoms with van der Waals surface area (Å²) in [6.07, 6.45) is 2.94. The van der Waals surface area contributed by atoms with Crippen molar-refractivity contribution in [2.45, 2.75) is 33.1 Å². The van der Waals surface area contributed by atoms with Crippen LogP contribution in [0.4, 0.5) is 4.39 Å². The second-order valence-corrected chi connectivity index (χ2v) is 4.85. The highest BCUT2D eigenvalue weighted by Crippen LogP contribution is 2.07. The van der Waals surface area contributed by atoms with Crippen molar-refractivity contribution in [1.82, 2.24) is 10.2 Å². The maximum Gasteiger partial charge on any atom is 0.193 e. The Bertz CT molecular complexity index is 418. The molecule has 1 aromatic carbocycles. The Morgan fingerprint density at radius 2 is 2.05 bits per heavy atom. The highest BCUT2D eigenvalue weighted by atomic mass is 19.1. The van der Waals surface area contributed by atoms with Crippen LogP contribution in [0.15, 0.2) is 29.3 Å². The number of guanidine groups is 1. The molecule has 0 atom stereocenters. The first-order chi connectivity index (χ1) is 9.69. The van der Waals surface area contributed by atoms with E-state index in [9.17, 15) is 4.39 Å². The number of unbranched alkanes of at least 4 members (excludes halogenated alkanes) is 1. The summed E-state index contributed by atoms with van der Waals surface area (Å²) in [7, 11) is 2.04. The van der Waals surface area contributed by atoms with Gasteiger partial charge in [-0.1, -0.05) is 31.5 Å². The molecule has 0 aromatic heterocycles. The number of rotatable bonds is 7. The summed E-state index contributed by atoms with van der Waals surface area (Å²) < 4.78 is 13.5. The molecule has 0 fully saturated rings. The molecule has 20 heavy (non-hydrogen) atoms. The fraction of sp³-hybridized carbons (Fsp3) is 0.562. The molecule has 0 aliphatic rings. The topological polar surface area (TPSA) is 27.6 Å². The van der Waals surface area contributed by atoms with Crippen LogP contribution >= 0.6 is 0 Å². The number of aliphatic imine (C=N–C) groups is 1. The van der Waals surface area contributed by atoms with Gasteiger partial charge in [0.1, 0.15) is 5.82 Å². The minimum atomic E-state index is -0.146. The Kier molecular flexibility index (Phi) is 7.70. The molecule has 0 bridgehead atoms. The Morgan fingerprint density at radius 3 is 2.70 bits per heavy atom. The molecule has 0 heterocycles. The molecule has 1 rings (SSSR count). The van der Waals surface area contributed by atoms with E-state index in [1.807, 2.05) is 19.2 Å². The monoisotopic (exact) mass is 279 g/mol. The van der Waals surface area contributed by atoms with E-state index in [0.29, 0.717) is 13.0 Å². The number of nitrogens with one attached hydrogen (secondary N) is 1. The fourth-order valence-electron chi connectivity index (χ4n) is 1.95. The van der Waals surface area contributed by atoms with Crippen molar-refractivity contribution in [2.24, 2.45) is 4.99 Å². The van der Waals surface area contributed by atoms with Gasteiger partial charge in [0.2, 0.25) is 0 Å². The number of hydrogen-bond acceptors (Lipinski definition) is 1. The molecule has 0 aliphatic heterocycles. The summed E-state index contributed by atoms with van der Waals surface area (Å²) >= 11 is 0. The second-order valence-electron chi connectivity index (χ2n) is 4.85. The van der Waals surface area contributed by atoms with E-state index in [-0.39, 0.29) is 5.82 Å². The minimum Gasteiger partial charge on any atom is -0.357 e. The third-order valence-electron chi connectivity index (χ3n) is 3.14. The van der Waals surface area contributed by atoms with Gasteiger partial charge in [0.05, 0.1) is 0 Å². The third kappa shape index (κ3) is 5.59. The normalized spacial score (nSPS) is 11.5. The lowest BCUT2D eigenvalue weighted by molar-refractivity contribution is 0.465. The van der Waals surface area contributed by atoms with Crippen LogP contribution in [-0.4, -0.2) is 37.5 Å². The summed E-state index contributed by atoms with van der Waals surface area (Å²) in [4.78, 5) is 6.70. The Hall–Kier alpha value is -1.58. The first kappa shape index (κ1) is 16.5. The van der Waals surface area contributed by atoms with E-state index in [4.69, 9.17) is 0 Å². The zero-order valence-corrected chi connectivity index (χ0v) is 12.8. The average molecular weight is 279 g/mol. The molecule has 0 unspecified atom stereocenters. The maximum atomic E-state index is 13.5. The van der Waals surface area contributed by atoms with Crippen LogP contribution in [0.1, 0.15) is 32.3 Å². The third-order valence-corrected chi connectivity index (χ3v) is 3.14. The molecule has 0 aliphatic carbocycles. The van der Waals surface area contributed by atoms with Crippen LogP contribution in [0.2, 0.25) is 0 Å². The molecule has 0 radical (unpaired) electrons. The Labute approximate surface area is 121 Å². The Balaban J connectivity index is 2.56. The smallest absolute Gasteiger partial charge is 0.193 e. The quantitative estimate of drug-likeness (QED) is 0.613. The Morgan fingerprint density at radius 1 is 1.30 bits per heavy atom. The van der Waals surface area contributed by atoms with E-state index in [2.05, 4.69) is 29.1 Å². The molecule has 1 N–H and O–H groups in total. The fourth-order valence-corrected chi connectivity index (χ4v) is 1.95. The van der Waals surface area contributed by atoms with E-state index in [0.717, 1.165) is 31.0 Å². The first-order valence-electron chi connectivity index (χ1n) is 7.41. The van der Waals surface area contributed by atoms with Gasteiger partial charge in [-0.05, 0) is 31.4 Å². The molecular formula is C16H26FN3. The maximum absolute atomic E-state index is 13.5. The van der Waals surface area contributed by atoms with E-state index in [1.54, 1.807) is 6.07 Å². The van der Waals surface area contributed by atoms with Gasteiger partial charge >= 0.3 is 0 Å². The predicted molar refractivity (Wildman–Crippen MR) is 83.6 cm³/mol. The van der Waals surface area contributed by atoms with Crippen LogP contribution in [0.5, 0.6) is 0 Å². The zero-order valence-electron chi connectivity index (χ0n) is 12.8. The highest BCUT2D eigenvalue weighted by Gasteiger charge is 2.05. The van der Waals surface area contributed by atoms with Crippen LogP contribution in [0, 0.1) is 5.82 Å². The van der Waals surface area contributed by atoms with E-state index in [1.165, 1.54) is 12.5 Å². The van der Waals surface area contributed by atoms with Crippen LogP contribution in [0.3, 0.4) is 0 Å². The highest BCUT2D eigenvalue weighted by molar-refractivity contribution is 5.79. The average Bonchev–Trinajstić information content (AvgIpc) is 2.45. The van der Waals surface area contributed by atoms with E-state index < -0.39 is 0 Å². The van der Waals surface area contributed by atoms with Crippen LogP contribution in [0.25, 0.3) is 0 Å². The molecule has 4 heteroatoms. The molecule has 0 saturated heterocycles. The molecule has 1 aromatic rings. The van der Waals surface area contributed by atoms with Crippen LogP contribution < -0.4 is 5.32 Å². The molecule has 0 spiro atoms. The summed E-state index contributed by atoms with van der Waals surface area (Å²) in [5.74, 6) is 0.754.